The molecule has 0 radical (unpaired) electrons. The van der Waals surface area contributed by atoms with Gasteiger partial charge in [0, 0.05) is 11.8 Å². The highest BCUT2D eigenvalue weighted by atomic mass is 16.2. The molecule has 108 valence electrons. The predicted molar refractivity (Wildman–Crippen MR) is 88.1 cm³/mol. The van der Waals surface area contributed by atoms with Crippen molar-refractivity contribution >= 4 is 39.0 Å². The van der Waals surface area contributed by atoms with Gasteiger partial charge in [-0.1, -0.05) is 37.3 Å². The summed E-state index contributed by atoms with van der Waals surface area (Å²) in [4.78, 5) is 22.0. The summed E-state index contributed by atoms with van der Waals surface area (Å²) in [5, 5.41) is 0.972. The van der Waals surface area contributed by atoms with Crippen LogP contribution >= 0.6 is 0 Å². The Bertz CT molecular complexity index is 1020. The van der Waals surface area contributed by atoms with Gasteiger partial charge in [0.25, 0.3) is 0 Å². The van der Waals surface area contributed by atoms with E-state index in [9.17, 15) is 4.79 Å². The molecule has 2 heterocycles. The Morgan fingerprint density at radius 1 is 1.00 bits per heavy atom. The third-order valence-electron chi connectivity index (χ3n) is 3.88. The predicted octanol–water partition coefficient (Wildman–Crippen LogP) is 4.18. The number of hydrogen-bond acceptors (Lipinski definition) is 3. The molecular formula is C18H15N3O. The van der Waals surface area contributed by atoms with Crippen LogP contribution in [-0.4, -0.2) is 20.4 Å². The molecular weight excluding hydrogens is 274 g/mol. The van der Waals surface area contributed by atoms with Gasteiger partial charge in [-0.2, -0.15) is 0 Å². The molecule has 2 aromatic heterocycles. The van der Waals surface area contributed by atoms with Crippen molar-refractivity contribution in [3.05, 3.63) is 48.5 Å². The van der Waals surface area contributed by atoms with Crippen LogP contribution in [0.5, 0.6) is 0 Å². The fourth-order valence-corrected chi connectivity index (χ4v) is 2.89. The largest absolute Gasteiger partial charge is 0.274 e. The summed E-state index contributed by atoms with van der Waals surface area (Å²) in [5.41, 5.74) is 3.98. The Kier molecular flexibility index (Phi) is 2.89. The lowest BCUT2D eigenvalue weighted by molar-refractivity contribution is 0.0911. The molecule has 4 rings (SSSR count). The van der Waals surface area contributed by atoms with Crippen molar-refractivity contribution in [1.82, 2.24) is 14.5 Å². The van der Waals surface area contributed by atoms with Gasteiger partial charge < -0.3 is 0 Å². The molecule has 0 bridgehead atoms. The first kappa shape index (κ1) is 13.0. The standard InChI is InChI=1S/C18H15N3O/c1-2-7-16(22)21-15-11-6-3-8-12(15)17-18(21)20-14-10-5-4-9-13(14)19-17/h3-6,8-11H,2,7H2,1H3. The molecule has 0 unspecified atom stereocenters. The van der Waals surface area contributed by atoms with Gasteiger partial charge in [-0.25, -0.2) is 9.97 Å². The fourth-order valence-electron chi connectivity index (χ4n) is 2.89. The van der Waals surface area contributed by atoms with Crippen molar-refractivity contribution in [1.29, 1.82) is 0 Å². The smallest absolute Gasteiger partial charge is 0.232 e. The number of nitrogens with zero attached hydrogens (tertiary/aromatic N) is 3. The Morgan fingerprint density at radius 2 is 1.68 bits per heavy atom. The van der Waals surface area contributed by atoms with E-state index in [4.69, 9.17) is 9.97 Å². The van der Waals surface area contributed by atoms with Crippen LogP contribution in [0.25, 0.3) is 33.1 Å². The van der Waals surface area contributed by atoms with Crippen LogP contribution in [0.1, 0.15) is 24.6 Å². The van der Waals surface area contributed by atoms with E-state index in [0.717, 1.165) is 33.9 Å². The lowest BCUT2D eigenvalue weighted by atomic mass is 10.2. The molecule has 0 amide bonds. The number of para-hydroxylation sites is 3. The topological polar surface area (TPSA) is 47.8 Å². The Morgan fingerprint density at radius 3 is 2.45 bits per heavy atom. The summed E-state index contributed by atoms with van der Waals surface area (Å²) in [5.74, 6) is 0.0679. The minimum absolute atomic E-state index is 0.0679. The number of carbonyl (C=O) groups excluding carboxylic acids is 1. The first-order valence-corrected chi connectivity index (χ1v) is 7.48. The van der Waals surface area contributed by atoms with Crippen LogP contribution in [0.2, 0.25) is 0 Å². The quantitative estimate of drug-likeness (QED) is 0.556. The molecule has 0 spiro atoms. The van der Waals surface area contributed by atoms with Crippen molar-refractivity contribution in [2.24, 2.45) is 0 Å². The summed E-state index contributed by atoms with van der Waals surface area (Å²) in [6.45, 7) is 2.01. The summed E-state index contributed by atoms with van der Waals surface area (Å²) in [6, 6.07) is 15.6. The number of hydrogen-bond donors (Lipinski definition) is 0. The number of benzene rings is 2. The van der Waals surface area contributed by atoms with E-state index in [1.807, 2.05) is 55.5 Å². The van der Waals surface area contributed by atoms with Crippen LogP contribution in [0.15, 0.2) is 48.5 Å². The SMILES string of the molecule is CCCC(=O)n1c2ccccc2c2nc3ccccc3nc21. The number of aromatic nitrogens is 3. The summed E-state index contributed by atoms with van der Waals surface area (Å²) in [6.07, 6.45) is 1.32. The van der Waals surface area contributed by atoms with Crippen molar-refractivity contribution in [3.8, 4) is 0 Å². The zero-order chi connectivity index (χ0) is 15.1. The first-order chi connectivity index (χ1) is 10.8. The van der Waals surface area contributed by atoms with Gasteiger partial charge in [0.15, 0.2) is 5.65 Å². The van der Waals surface area contributed by atoms with Gasteiger partial charge in [-0.3, -0.25) is 9.36 Å². The van der Waals surface area contributed by atoms with Crippen molar-refractivity contribution in [2.75, 3.05) is 0 Å². The highest BCUT2D eigenvalue weighted by Gasteiger charge is 2.18. The maximum absolute atomic E-state index is 12.6. The molecule has 4 heteroatoms. The third-order valence-corrected chi connectivity index (χ3v) is 3.88. The van der Waals surface area contributed by atoms with Gasteiger partial charge in [-0.15, -0.1) is 0 Å². The molecule has 0 aliphatic rings. The molecule has 0 saturated heterocycles. The van der Waals surface area contributed by atoms with E-state index < -0.39 is 0 Å². The van der Waals surface area contributed by atoms with Gasteiger partial charge in [0.05, 0.1) is 16.6 Å². The van der Waals surface area contributed by atoms with Gasteiger partial charge in [0.1, 0.15) is 5.52 Å². The maximum atomic E-state index is 12.6. The average Bonchev–Trinajstić information content (AvgIpc) is 2.86. The summed E-state index contributed by atoms with van der Waals surface area (Å²) < 4.78 is 1.72. The molecule has 0 aliphatic heterocycles. The maximum Gasteiger partial charge on any atom is 0.232 e. The van der Waals surface area contributed by atoms with E-state index in [1.165, 1.54) is 0 Å². The minimum atomic E-state index is 0.0679. The molecule has 0 aliphatic carbocycles. The van der Waals surface area contributed by atoms with E-state index in [-0.39, 0.29) is 5.91 Å². The number of carbonyl (C=O) groups is 1. The second kappa shape index (κ2) is 4.91. The molecule has 2 aromatic carbocycles. The zero-order valence-electron chi connectivity index (χ0n) is 12.3. The van der Waals surface area contributed by atoms with Gasteiger partial charge in [-0.05, 0) is 24.6 Å². The molecule has 4 nitrogen and oxygen atoms in total. The normalized spacial score (nSPS) is 11.5. The monoisotopic (exact) mass is 289 g/mol. The van der Waals surface area contributed by atoms with Crippen LogP contribution in [0.4, 0.5) is 0 Å². The highest BCUT2D eigenvalue weighted by Crippen LogP contribution is 2.28. The molecule has 4 aromatic rings. The number of rotatable bonds is 2. The molecule has 22 heavy (non-hydrogen) atoms. The Labute approximate surface area is 127 Å². The Hall–Kier alpha value is -2.75. The van der Waals surface area contributed by atoms with Crippen LogP contribution in [-0.2, 0) is 0 Å². The lowest BCUT2D eigenvalue weighted by Crippen LogP contribution is -2.10. The molecule has 0 fully saturated rings. The van der Waals surface area contributed by atoms with Crippen LogP contribution in [0.3, 0.4) is 0 Å². The molecule has 0 N–H and O–H groups in total. The van der Waals surface area contributed by atoms with Gasteiger partial charge >= 0.3 is 0 Å². The van der Waals surface area contributed by atoms with Crippen molar-refractivity contribution < 1.29 is 4.79 Å². The number of fused-ring (bicyclic) bond motifs is 4. The van der Waals surface area contributed by atoms with Crippen LogP contribution < -0.4 is 0 Å². The van der Waals surface area contributed by atoms with Crippen LogP contribution in [0, 0.1) is 0 Å². The minimum Gasteiger partial charge on any atom is -0.274 e. The van der Waals surface area contributed by atoms with E-state index in [1.54, 1.807) is 4.57 Å². The average molecular weight is 289 g/mol. The third kappa shape index (κ3) is 1.80. The highest BCUT2D eigenvalue weighted by molar-refractivity contribution is 6.11. The first-order valence-electron chi connectivity index (χ1n) is 7.48. The van der Waals surface area contributed by atoms with Crippen molar-refractivity contribution in [2.45, 2.75) is 19.8 Å². The van der Waals surface area contributed by atoms with E-state index in [0.29, 0.717) is 12.1 Å². The fraction of sp³-hybridized carbons (Fsp3) is 0.167. The second-order valence-electron chi connectivity index (χ2n) is 5.38. The van der Waals surface area contributed by atoms with Gasteiger partial charge in [0.2, 0.25) is 5.91 Å². The second-order valence-corrected chi connectivity index (χ2v) is 5.38. The Balaban J connectivity index is 2.18. The molecule has 0 saturated carbocycles. The van der Waals surface area contributed by atoms with Crippen molar-refractivity contribution in [3.63, 3.8) is 0 Å². The summed E-state index contributed by atoms with van der Waals surface area (Å²) >= 11 is 0. The zero-order valence-corrected chi connectivity index (χ0v) is 12.3. The lowest BCUT2D eigenvalue weighted by Gasteiger charge is -2.04. The molecule has 0 atom stereocenters. The van der Waals surface area contributed by atoms with E-state index >= 15 is 0 Å². The summed E-state index contributed by atoms with van der Waals surface area (Å²) in [7, 11) is 0. The van der Waals surface area contributed by atoms with E-state index in [2.05, 4.69) is 0 Å².